The molecule has 0 saturated heterocycles. The molecule has 0 bridgehead atoms. The van der Waals surface area contributed by atoms with Crippen LogP contribution in [0.1, 0.15) is 46.5 Å². The maximum atomic E-state index is 7.51. The monoisotopic (exact) mass is 239 g/mol. The highest BCUT2D eigenvalue weighted by molar-refractivity contribution is 5.82. The first-order valence-corrected chi connectivity index (χ1v) is 6.86. The van der Waals surface area contributed by atoms with Crippen molar-refractivity contribution in [3.8, 4) is 0 Å². The highest BCUT2D eigenvalue weighted by Crippen LogP contribution is 2.37. The van der Waals surface area contributed by atoms with Crippen LogP contribution in [0.15, 0.2) is 0 Å². The summed E-state index contributed by atoms with van der Waals surface area (Å²) in [6.45, 7) is 8.90. The Morgan fingerprint density at radius 2 is 2.00 bits per heavy atom. The van der Waals surface area contributed by atoms with E-state index in [2.05, 4.69) is 32.7 Å². The molecule has 1 rings (SSSR count). The number of hydrogen-bond acceptors (Lipinski definition) is 2. The van der Waals surface area contributed by atoms with Gasteiger partial charge in [-0.05, 0) is 44.7 Å². The third-order valence-electron chi connectivity index (χ3n) is 4.14. The quantitative estimate of drug-likeness (QED) is 0.389. The molecule has 0 aromatic heterocycles. The Hall–Kier alpha value is -0.570. The Morgan fingerprint density at radius 3 is 2.47 bits per heavy atom. The molecule has 2 unspecified atom stereocenters. The zero-order valence-electron chi connectivity index (χ0n) is 11.9. The van der Waals surface area contributed by atoms with Gasteiger partial charge in [-0.2, -0.15) is 0 Å². The molecule has 0 aromatic carbocycles. The zero-order valence-corrected chi connectivity index (χ0v) is 11.9. The van der Waals surface area contributed by atoms with Crippen molar-refractivity contribution in [2.45, 2.75) is 46.5 Å². The Kier molecular flexibility index (Phi) is 4.99. The van der Waals surface area contributed by atoms with Crippen molar-refractivity contribution < 1.29 is 0 Å². The van der Waals surface area contributed by atoms with Crippen molar-refractivity contribution >= 4 is 5.84 Å². The van der Waals surface area contributed by atoms with Crippen molar-refractivity contribution in [2.24, 2.45) is 23.0 Å². The number of hydrogen-bond donors (Lipinski definition) is 2. The molecule has 100 valence electrons. The van der Waals surface area contributed by atoms with Crippen LogP contribution < -0.4 is 5.73 Å². The fraction of sp³-hybridized carbons (Fsp3) is 0.929. The molecule has 0 amide bonds. The van der Waals surface area contributed by atoms with Gasteiger partial charge in [0, 0.05) is 12.0 Å². The zero-order chi connectivity index (χ0) is 13.1. The second-order valence-corrected chi connectivity index (χ2v) is 6.49. The molecule has 3 N–H and O–H groups in total. The van der Waals surface area contributed by atoms with E-state index in [0.29, 0.717) is 5.84 Å². The average molecular weight is 239 g/mol. The second-order valence-electron chi connectivity index (χ2n) is 6.49. The summed E-state index contributed by atoms with van der Waals surface area (Å²) in [7, 11) is 2.22. The van der Waals surface area contributed by atoms with Gasteiger partial charge < -0.3 is 10.6 Å². The van der Waals surface area contributed by atoms with Crippen LogP contribution in [0.2, 0.25) is 0 Å². The lowest BCUT2D eigenvalue weighted by molar-refractivity contribution is 0.300. The van der Waals surface area contributed by atoms with Crippen molar-refractivity contribution in [1.82, 2.24) is 4.90 Å². The number of unbranched alkanes of at least 4 members (excludes halogenated alkanes) is 1. The average Bonchev–Trinajstić information content (AvgIpc) is 2.89. The van der Waals surface area contributed by atoms with Crippen LogP contribution in [0.4, 0.5) is 0 Å². The summed E-state index contributed by atoms with van der Waals surface area (Å²) in [5.74, 6) is 2.22. The minimum absolute atomic E-state index is 0.121. The molecule has 0 aliphatic heterocycles. The lowest BCUT2D eigenvalue weighted by atomic mass is 9.86. The lowest BCUT2D eigenvalue weighted by Crippen LogP contribution is -2.31. The molecule has 1 saturated carbocycles. The number of amidine groups is 1. The predicted molar refractivity (Wildman–Crippen MR) is 74.3 cm³/mol. The van der Waals surface area contributed by atoms with E-state index in [-0.39, 0.29) is 5.41 Å². The molecule has 0 aromatic rings. The Morgan fingerprint density at radius 1 is 1.41 bits per heavy atom. The van der Waals surface area contributed by atoms with Crippen LogP contribution >= 0.6 is 0 Å². The molecular formula is C14H29N3. The van der Waals surface area contributed by atoms with E-state index >= 15 is 0 Å². The van der Waals surface area contributed by atoms with E-state index in [0.717, 1.165) is 24.7 Å². The largest absolute Gasteiger partial charge is 0.387 e. The highest BCUT2D eigenvalue weighted by atomic mass is 15.1. The van der Waals surface area contributed by atoms with E-state index in [1.54, 1.807) is 0 Å². The summed E-state index contributed by atoms with van der Waals surface area (Å²) in [4.78, 5) is 2.45. The summed E-state index contributed by atoms with van der Waals surface area (Å²) in [5.41, 5.74) is 5.45. The van der Waals surface area contributed by atoms with E-state index in [1.165, 1.54) is 25.9 Å². The Balaban J connectivity index is 2.05. The number of nitrogens with zero attached hydrogens (tertiary/aromatic N) is 1. The third kappa shape index (κ3) is 5.07. The second kappa shape index (κ2) is 5.85. The summed E-state index contributed by atoms with van der Waals surface area (Å²) in [5, 5.41) is 7.51. The van der Waals surface area contributed by atoms with Crippen LogP contribution in [0, 0.1) is 22.7 Å². The van der Waals surface area contributed by atoms with Crippen LogP contribution in [0.3, 0.4) is 0 Å². The summed E-state index contributed by atoms with van der Waals surface area (Å²) < 4.78 is 0. The summed E-state index contributed by atoms with van der Waals surface area (Å²) in [6.07, 6.45) is 4.82. The van der Waals surface area contributed by atoms with E-state index in [4.69, 9.17) is 11.1 Å². The first-order chi connectivity index (χ1) is 7.83. The standard InChI is InChI=1S/C14H29N3/c1-11-9-12(11)10-17(4)8-6-5-7-14(2,3)13(15)16/h11-12H,5-10H2,1-4H3,(H3,15,16). The molecule has 2 atom stereocenters. The lowest BCUT2D eigenvalue weighted by Gasteiger charge is -2.23. The Bertz CT molecular complexity index is 260. The van der Waals surface area contributed by atoms with Crippen LogP contribution in [-0.4, -0.2) is 30.9 Å². The maximum Gasteiger partial charge on any atom is 0.0963 e. The smallest absolute Gasteiger partial charge is 0.0963 e. The number of nitrogens with one attached hydrogen (secondary N) is 1. The third-order valence-corrected chi connectivity index (χ3v) is 4.14. The molecule has 1 aliphatic rings. The predicted octanol–water partition coefficient (Wildman–Crippen LogP) is 2.71. The number of rotatable bonds is 8. The van der Waals surface area contributed by atoms with E-state index in [9.17, 15) is 0 Å². The fourth-order valence-corrected chi connectivity index (χ4v) is 2.23. The SMILES string of the molecule is CC1CC1CN(C)CCCCC(C)(C)C(=N)N. The molecule has 3 heteroatoms. The molecule has 0 radical (unpaired) electrons. The van der Waals surface area contributed by atoms with E-state index < -0.39 is 0 Å². The van der Waals surface area contributed by atoms with Crippen LogP contribution in [-0.2, 0) is 0 Å². The van der Waals surface area contributed by atoms with E-state index in [1.807, 2.05) is 0 Å². The number of nitrogens with two attached hydrogens (primary N) is 1. The van der Waals surface area contributed by atoms with Gasteiger partial charge in [0.15, 0.2) is 0 Å². The molecule has 17 heavy (non-hydrogen) atoms. The van der Waals surface area contributed by atoms with Gasteiger partial charge in [-0.25, -0.2) is 0 Å². The van der Waals surface area contributed by atoms with Gasteiger partial charge in [0.1, 0.15) is 0 Å². The van der Waals surface area contributed by atoms with Crippen molar-refractivity contribution in [3.05, 3.63) is 0 Å². The molecular weight excluding hydrogens is 210 g/mol. The van der Waals surface area contributed by atoms with Gasteiger partial charge in [-0.1, -0.05) is 27.2 Å². The molecule has 0 spiro atoms. The van der Waals surface area contributed by atoms with Crippen molar-refractivity contribution in [1.29, 1.82) is 5.41 Å². The normalized spacial score (nSPS) is 24.1. The van der Waals surface area contributed by atoms with Gasteiger partial charge in [-0.3, -0.25) is 5.41 Å². The molecule has 0 heterocycles. The van der Waals surface area contributed by atoms with Crippen molar-refractivity contribution in [2.75, 3.05) is 20.1 Å². The van der Waals surface area contributed by atoms with Gasteiger partial charge >= 0.3 is 0 Å². The molecule has 1 aliphatic carbocycles. The minimum Gasteiger partial charge on any atom is -0.387 e. The minimum atomic E-state index is -0.121. The van der Waals surface area contributed by atoms with Crippen molar-refractivity contribution in [3.63, 3.8) is 0 Å². The first kappa shape index (κ1) is 14.5. The maximum absolute atomic E-state index is 7.51. The molecule has 1 fully saturated rings. The highest BCUT2D eigenvalue weighted by Gasteiger charge is 2.32. The molecule has 3 nitrogen and oxygen atoms in total. The Labute approximate surface area is 106 Å². The van der Waals surface area contributed by atoms with Gasteiger partial charge in [0.25, 0.3) is 0 Å². The van der Waals surface area contributed by atoms with Crippen LogP contribution in [0.5, 0.6) is 0 Å². The van der Waals surface area contributed by atoms with Crippen LogP contribution in [0.25, 0.3) is 0 Å². The summed E-state index contributed by atoms with van der Waals surface area (Å²) >= 11 is 0. The topological polar surface area (TPSA) is 53.1 Å². The summed E-state index contributed by atoms with van der Waals surface area (Å²) in [6, 6.07) is 0. The fourth-order valence-electron chi connectivity index (χ4n) is 2.23. The van der Waals surface area contributed by atoms with Gasteiger partial charge in [-0.15, -0.1) is 0 Å². The van der Waals surface area contributed by atoms with Gasteiger partial charge in [0.2, 0.25) is 0 Å². The first-order valence-electron chi connectivity index (χ1n) is 6.86. The van der Waals surface area contributed by atoms with Gasteiger partial charge in [0.05, 0.1) is 5.84 Å².